The molecule has 0 N–H and O–H groups in total. The molecule has 1 fully saturated rings. The third kappa shape index (κ3) is 3.62. The second-order valence-electron chi connectivity index (χ2n) is 4.67. The van der Waals surface area contributed by atoms with Gasteiger partial charge < -0.3 is 4.79 Å². The van der Waals surface area contributed by atoms with Crippen LogP contribution in [0.4, 0.5) is 0 Å². The van der Waals surface area contributed by atoms with E-state index in [4.69, 9.17) is 0 Å². The van der Waals surface area contributed by atoms with E-state index >= 15 is 0 Å². The van der Waals surface area contributed by atoms with Gasteiger partial charge >= 0.3 is 0 Å². The summed E-state index contributed by atoms with van der Waals surface area (Å²) >= 11 is 0. The van der Waals surface area contributed by atoms with E-state index in [1.54, 1.807) is 0 Å². The molecular formula is C13H20N2O4. The first-order valence-corrected chi connectivity index (χ1v) is 6.66. The highest BCUT2D eigenvalue weighted by Crippen LogP contribution is 2.18. The first kappa shape index (κ1) is 15.3. The van der Waals surface area contributed by atoms with Crippen molar-refractivity contribution in [3.63, 3.8) is 0 Å². The molecule has 19 heavy (non-hydrogen) atoms. The smallest absolute Gasteiger partial charge is 0.248 e. The lowest BCUT2D eigenvalue weighted by atomic mass is 10.2. The van der Waals surface area contributed by atoms with E-state index in [1.807, 2.05) is 6.92 Å². The molecule has 0 bridgehead atoms. The van der Waals surface area contributed by atoms with E-state index in [-0.39, 0.29) is 25.2 Å². The summed E-state index contributed by atoms with van der Waals surface area (Å²) in [7, 11) is 0. The molecule has 1 aliphatic heterocycles. The van der Waals surface area contributed by atoms with Gasteiger partial charge in [-0.2, -0.15) is 5.01 Å². The molecule has 1 aliphatic rings. The summed E-state index contributed by atoms with van der Waals surface area (Å²) in [6, 6.07) is -0.805. The number of carbonyl (C=O) groups is 4. The third-order valence-corrected chi connectivity index (χ3v) is 3.07. The summed E-state index contributed by atoms with van der Waals surface area (Å²) in [6.45, 7) is 3.52. The Kier molecular flexibility index (Phi) is 5.66. The maximum absolute atomic E-state index is 12.1. The van der Waals surface area contributed by atoms with Crippen LogP contribution in [0, 0.1) is 0 Å². The van der Waals surface area contributed by atoms with Crippen LogP contribution in [0.25, 0.3) is 0 Å². The average Bonchev–Trinajstić information content (AvgIpc) is 2.71. The van der Waals surface area contributed by atoms with Crippen molar-refractivity contribution in [1.82, 2.24) is 10.0 Å². The van der Waals surface area contributed by atoms with Crippen LogP contribution < -0.4 is 0 Å². The summed E-state index contributed by atoms with van der Waals surface area (Å²) in [5.74, 6) is -1.18. The van der Waals surface area contributed by atoms with Crippen LogP contribution >= 0.6 is 0 Å². The molecule has 0 aromatic rings. The first-order valence-electron chi connectivity index (χ1n) is 6.66. The number of aldehydes is 1. The number of amides is 3. The van der Waals surface area contributed by atoms with E-state index in [2.05, 4.69) is 0 Å². The van der Waals surface area contributed by atoms with Crippen LogP contribution in [-0.4, -0.2) is 40.1 Å². The second kappa shape index (κ2) is 7.01. The quantitative estimate of drug-likeness (QED) is 0.393. The topological polar surface area (TPSA) is 74.8 Å². The lowest BCUT2D eigenvalue weighted by molar-refractivity contribution is -0.172. The molecule has 0 saturated carbocycles. The number of rotatable bonds is 7. The highest BCUT2D eigenvalue weighted by molar-refractivity contribution is 6.03. The van der Waals surface area contributed by atoms with E-state index < -0.39 is 17.9 Å². The van der Waals surface area contributed by atoms with Gasteiger partial charge in [0.05, 0.1) is 0 Å². The number of carbonyl (C=O) groups excluding carboxylic acids is 4. The zero-order valence-electron chi connectivity index (χ0n) is 11.4. The Morgan fingerprint density at radius 2 is 1.89 bits per heavy atom. The van der Waals surface area contributed by atoms with Crippen LogP contribution in [0.2, 0.25) is 0 Å². The summed E-state index contributed by atoms with van der Waals surface area (Å²) in [5, 5.41) is 1.85. The highest BCUT2D eigenvalue weighted by atomic mass is 16.2. The number of unbranched alkanes of at least 4 members (excludes halogenated alkanes) is 2. The van der Waals surface area contributed by atoms with Crippen LogP contribution in [-0.2, 0) is 19.2 Å². The minimum atomic E-state index is -0.805. The molecule has 3 amide bonds. The van der Waals surface area contributed by atoms with Gasteiger partial charge in [0.1, 0.15) is 12.3 Å². The fourth-order valence-electron chi connectivity index (χ4n) is 2.02. The summed E-state index contributed by atoms with van der Waals surface area (Å²) in [6.07, 6.45) is 3.56. The highest BCUT2D eigenvalue weighted by Gasteiger charge is 2.38. The van der Waals surface area contributed by atoms with Gasteiger partial charge in [0.15, 0.2) is 0 Å². The number of hydrazine groups is 1. The Labute approximate surface area is 112 Å². The fraction of sp³-hybridized carbons (Fsp3) is 0.692. The molecule has 1 heterocycles. The molecule has 1 unspecified atom stereocenters. The second-order valence-corrected chi connectivity index (χ2v) is 4.67. The summed E-state index contributed by atoms with van der Waals surface area (Å²) in [4.78, 5) is 46.4. The normalized spacial score (nSPS) is 16.6. The average molecular weight is 268 g/mol. The van der Waals surface area contributed by atoms with E-state index in [0.717, 1.165) is 22.9 Å². The Hall–Kier alpha value is -1.72. The Bertz CT molecular complexity index is 365. The maximum atomic E-state index is 12.1. The SMILES string of the molecule is CCCCCC(=O)N(C(C)C=O)N1C(=O)CCC1=O. The van der Waals surface area contributed by atoms with Crippen molar-refractivity contribution in [2.24, 2.45) is 0 Å². The van der Waals surface area contributed by atoms with Crippen LogP contribution in [0.3, 0.4) is 0 Å². The fourth-order valence-corrected chi connectivity index (χ4v) is 2.02. The van der Waals surface area contributed by atoms with Gasteiger partial charge in [0.25, 0.3) is 0 Å². The van der Waals surface area contributed by atoms with Gasteiger partial charge in [0.2, 0.25) is 17.7 Å². The minimum absolute atomic E-state index is 0.100. The summed E-state index contributed by atoms with van der Waals surface area (Å²) < 4.78 is 0. The van der Waals surface area contributed by atoms with Crippen LogP contribution in [0.15, 0.2) is 0 Å². The van der Waals surface area contributed by atoms with Crippen LogP contribution in [0.1, 0.15) is 52.4 Å². The molecule has 0 aromatic heterocycles. The van der Waals surface area contributed by atoms with E-state index in [9.17, 15) is 19.2 Å². The lowest BCUT2D eigenvalue weighted by Gasteiger charge is -2.32. The van der Waals surface area contributed by atoms with Crippen molar-refractivity contribution in [2.45, 2.75) is 58.4 Å². The molecule has 0 aliphatic carbocycles. The molecular weight excluding hydrogens is 248 g/mol. The Morgan fingerprint density at radius 3 is 2.37 bits per heavy atom. The molecule has 106 valence electrons. The number of nitrogens with zero attached hydrogens (tertiary/aromatic N) is 2. The van der Waals surface area contributed by atoms with E-state index in [0.29, 0.717) is 12.7 Å². The molecule has 6 nitrogen and oxygen atoms in total. The van der Waals surface area contributed by atoms with Crippen molar-refractivity contribution < 1.29 is 19.2 Å². The molecule has 1 saturated heterocycles. The van der Waals surface area contributed by atoms with E-state index in [1.165, 1.54) is 6.92 Å². The third-order valence-electron chi connectivity index (χ3n) is 3.07. The minimum Gasteiger partial charge on any atom is -0.301 e. The predicted molar refractivity (Wildman–Crippen MR) is 67.6 cm³/mol. The largest absolute Gasteiger partial charge is 0.301 e. The van der Waals surface area contributed by atoms with Gasteiger partial charge in [-0.25, -0.2) is 5.01 Å². The van der Waals surface area contributed by atoms with Crippen molar-refractivity contribution in [3.8, 4) is 0 Å². The number of hydrogen-bond acceptors (Lipinski definition) is 4. The van der Waals surface area contributed by atoms with Crippen LogP contribution in [0.5, 0.6) is 0 Å². The molecule has 0 radical (unpaired) electrons. The van der Waals surface area contributed by atoms with Crippen molar-refractivity contribution in [3.05, 3.63) is 0 Å². The molecule has 0 aromatic carbocycles. The van der Waals surface area contributed by atoms with Gasteiger partial charge in [-0.3, -0.25) is 14.4 Å². The van der Waals surface area contributed by atoms with Gasteiger partial charge in [-0.15, -0.1) is 0 Å². The first-order chi connectivity index (χ1) is 9.02. The maximum Gasteiger partial charge on any atom is 0.248 e. The molecule has 0 spiro atoms. The molecule has 6 heteroatoms. The lowest BCUT2D eigenvalue weighted by Crippen LogP contribution is -2.54. The Morgan fingerprint density at radius 1 is 1.32 bits per heavy atom. The van der Waals surface area contributed by atoms with Gasteiger partial charge in [-0.05, 0) is 13.3 Å². The number of imide groups is 1. The standard InChI is InChI=1S/C13H20N2O4/c1-3-4-5-6-11(17)14(10(2)9-16)15-12(18)7-8-13(15)19/h9-10H,3-8H2,1-2H3. The van der Waals surface area contributed by atoms with Crippen molar-refractivity contribution in [2.75, 3.05) is 0 Å². The Balaban J connectivity index is 2.82. The summed E-state index contributed by atoms with van der Waals surface area (Å²) in [5.41, 5.74) is 0. The zero-order chi connectivity index (χ0) is 14.4. The molecule has 1 atom stereocenters. The predicted octanol–water partition coefficient (Wildman–Crippen LogP) is 1.05. The van der Waals surface area contributed by atoms with Gasteiger partial charge in [0, 0.05) is 19.3 Å². The van der Waals surface area contributed by atoms with Gasteiger partial charge in [-0.1, -0.05) is 19.8 Å². The monoisotopic (exact) mass is 268 g/mol. The number of hydrogen-bond donors (Lipinski definition) is 0. The molecule has 1 rings (SSSR count). The van der Waals surface area contributed by atoms with Crippen molar-refractivity contribution in [1.29, 1.82) is 0 Å². The van der Waals surface area contributed by atoms with Crippen molar-refractivity contribution >= 4 is 24.0 Å². The zero-order valence-corrected chi connectivity index (χ0v) is 11.4.